The van der Waals surface area contributed by atoms with Crippen molar-refractivity contribution in [3.05, 3.63) is 29.7 Å². The zero-order valence-electron chi connectivity index (χ0n) is 13.5. The maximum atomic E-state index is 13.8. The van der Waals surface area contributed by atoms with Crippen LogP contribution in [0.4, 0.5) is 4.39 Å². The van der Waals surface area contributed by atoms with Gasteiger partial charge in [0.2, 0.25) is 0 Å². The zero-order valence-corrected chi connectivity index (χ0v) is 13.5. The van der Waals surface area contributed by atoms with Crippen molar-refractivity contribution in [3.63, 3.8) is 0 Å². The first kappa shape index (κ1) is 17.8. The smallest absolute Gasteiger partial charge is 0.303 e. The second kappa shape index (κ2) is 8.33. The average molecular weight is 336 g/mol. The summed E-state index contributed by atoms with van der Waals surface area (Å²) in [5, 5.41) is 11.8. The first-order valence-electron chi connectivity index (χ1n) is 7.88. The molecular formula is C17H21FN2O4. The number of hydrogen-bond acceptors (Lipinski definition) is 3. The molecule has 130 valence electrons. The molecule has 0 radical (unpaired) electrons. The van der Waals surface area contributed by atoms with Gasteiger partial charge in [0.25, 0.3) is 5.91 Å². The number of aromatic amines is 1. The number of amides is 1. The predicted octanol–water partition coefficient (Wildman–Crippen LogP) is 3.08. The molecule has 2 aromatic rings. The molecule has 0 aliphatic carbocycles. The monoisotopic (exact) mass is 336 g/mol. The van der Waals surface area contributed by atoms with E-state index in [1.165, 1.54) is 19.2 Å². The van der Waals surface area contributed by atoms with Crippen molar-refractivity contribution in [1.82, 2.24) is 10.3 Å². The van der Waals surface area contributed by atoms with Gasteiger partial charge in [0.05, 0.1) is 12.6 Å². The van der Waals surface area contributed by atoms with Gasteiger partial charge in [0.1, 0.15) is 17.3 Å². The number of aliphatic carboxylic acids is 1. The van der Waals surface area contributed by atoms with E-state index in [0.29, 0.717) is 24.1 Å². The van der Waals surface area contributed by atoms with Gasteiger partial charge in [-0.05, 0) is 31.0 Å². The molecule has 1 amide bonds. The lowest BCUT2D eigenvalue weighted by Crippen LogP contribution is -2.24. The molecule has 0 unspecified atom stereocenters. The van der Waals surface area contributed by atoms with E-state index in [-0.39, 0.29) is 23.5 Å². The van der Waals surface area contributed by atoms with E-state index in [4.69, 9.17) is 9.84 Å². The number of ether oxygens (including phenoxy) is 1. The Bertz CT molecular complexity index is 727. The molecule has 0 aliphatic heterocycles. The first-order chi connectivity index (χ1) is 11.5. The average Bonchev–Trinajstić information content (AvgIpc) is 3.00. The Morgan fingerprint density at radius 3 is 2.71 bits per heavy atom. The lowest BCUT2D eigenvalue weighted by atomic mass is 10.1. The van der Waals surface area contributed by atoms with Crippen molar-refractivity contribution in [2.75, 3.05) is 13.7 Å². The van der Waals surface area contributed by atoms with Crippen molar-refractivity contribution in [2.24, 2.45) is 0 Å². The summed E-state index contributed by atoms with van der Waals surface area (Å²) in [4.78, 5) is 25.3. The summed E-state index contributed by atoms with van der Waals surface area (Å²) in [5.41, 5.74) is 0.521. The first-order valence-corrected chi connectivity index (χ1v) is 7.88. The molecular weight excluding hydrogens is 315 g/mol. The minimum absolute atomic E-state index is 0.175. The predicted molar refractivity (Wildman–Crippen MR) is 87.9 cm³/mol. The summed E-state index contributed by atoms with van der Waals surface area (Å²) < 4.78 is 19.0. The number of carboxylic acids is 1. The third-order valence-corrected chi connectivity index (χ3v) is 3.77. The molecule has 6 nitrogen and oxygen atoms in total. The van der Waals surface area contributed by atoms with Crippen LogP contribution in [0.1, 0.15) is 42.6 Å². The molecule has 0 saturated heterocycles. The third-order valence-electron chi connectivity index (χ3n) is 3.77. The normalized spacial score (nSPS) is 10.8. The van der Waals surface area contributed by atoms with Gasteiger partial charge in [-0.25, -0.2) is 4.39 Å². The number of hydrogen-bond donors (Lipinski definition) is 3. The Morgan fingerprint density at radius 2 is 2.00 bits per heavy atom. The van der Waals surface area contributed by atoms with Gasteiger partial charge in [0, 0.05) is 18.4 Å². The maximum absolute atomic E-state index is 13.8. The van der Waals surface area contributed by atoms with Crippen LogP contribution in [0.5, 0.6) is 5.75 Å². The second-order valence-corrected chi connectivity index (χ2v) is 5.54. The molecule has 0 fully saturated rings. The number of carbonyl (C=O) groups is 2. The van der Waals surface area contributed by atoms with Gasteiger partial charge in [-0.3, -0.25) is 9.59 Å². The lowest BCUT2D eigenvalue weighted by molar-refractivity contribution is -0.137. The summed E-state index contributed by atoms with van der Waals surface area (Å²) in [6.07, 6.45) is 3.25. The van der Waals surface area contributed by atoms with Crippen molar-refractivity contribution in [3.8, 4) is 5.75 Å². The number of carbonyl (C=O) groups excluding carboxylic acids is 1. The van der Waals surface area contributed by atoms with E-state index < -0.39 is 11.8 Å². The highest BCUT2D eigenvalue weighted by atomic mass is 19.1. The SMILES string of the molecule is COc1ccc(F)c2[nH]c(C(=O)NCCCCCCC(=O)O)cc12. The molecule has 2 rings (SSSR count). The molecule has 0 saturated carbocycles. The van der Waals surface area contributed by atoms with Gasteiger partial charge in [-0.1, -0.05) is 12.8 Å². The minimum atomic E-state index is -0.787. The van der Waals surface area contributed by atoms with E-state index >= 15 is 0 Å². The standard InChI is InChI=1S/C17H21FN2O4/c1-24-14-8-7-12(18)16-11(14)10-13(20-16)17(23)19-9-5-3-2-4-6-15(21)22/h7-8,10,20H,2-6,9H2,1H3,(H,19,23)(H,21,22). The highest BCUT2D eigenvalue weighted by Gasteiger charge is 2.14. The molecule has 0 aliphatic rings. The number of H-pyrrole nitrogens is 1. The van der Waals surface area contributed by atoms with E-state index in [1.807, 2.05) is 0 Å². The van der Waals surface area contributed by atoms with Crippen molar-refractivity contribution in [1.29, 1.82) is 0 Å². The van der Waals surface area contributed by atoms with Crippen molar-refractivity contribution >= 4 is 22.8 Å². The van der Waals surface area contributed by atoms with Gasteiger partial charge < -0.3 is 20.1 Å². The number of benzene rings is 1. The number of unbranched alkanes of at least 4 members (excludes halogenated alkanes) is 3. The fourth-order valence-corrected chi connectivity index (χ4v) is 2.51. The highest BCUT2D eigenvalue weighted by molar-refractivity contribution is 5.99. The number of fused-ring (bicyclic) bond motifs is 1. The highest BCUT2D eigenvalue weighted by Crippen LogP contribution is 2.28. The van der Waals surface area contributed by atoms with Crippen LogP contribution in [-0.4, -0.2) is 35.6 Å². The summed E-state index contributed by atoms with van der Waals surface area (Å²) in [6.45, 7) is 0.487. The van der Waals surface area contributed by atoms with Crippen molar-refractivity contribution < 1.29 is 23.8 Å². The van der Waals surface area contributed by atoms with Crippen LogP contribution < -0.4 is 10.1 Å². The van der Waals surface area contributed by atoms with E-state index in [1.54, 1.807) is 6.07 Å². The Hall–Kier alpha value is -2.57. The maximum Gasteiger partial charge on any atom is 0.303 e. The third kappa shape index (κ3) is 4.47. The molecule has 0 bridgehead atoms. The Balaban J connectivity index is 1.86. The summed E-state index contributed by atoms with van der Waals surface area (Å²) in [5.74, 6) is -1.04. The van der Waals surface area contributed by atoms with Crippen LogP contribution in [0.25, 0.3) is 10.9 Å². The lowest BCUT2D eigenvalue weighted by Gasteiger charge is -2.03. The number of carboxylic acid groups (broad SMARTS) is 1. The minimum Gasteiger partial charge on any atom is -0.496 e. The van der Waals surface area contributed by atoms with Crippen LogP contribution in [0.15, 0.2) is 18.2 Å². The molecule has 1 aromatic carbocycles. The summed E-state index contributed by atoms with van der Waals surface area (Å²) >= 11 is 0. The topological polar surface area (TPSA) is 91.4 Å². The quantitative estimate of drug-likeness (QED) is 0.614. The van der Waals surface area contributed by atoms with Crippen LogP contribution in [0, 0.1) is 5.82 Å². The second-order valence-electron chi connectivity index (χ2n) is 5.54. The molecule has 3 N–H and O–H groups in total. The summed E-state index contributed by atoms with van der Waals surface area (Å²) in [7, 11) is 1.49. The Kier molecular flexibility index (Phi) is 6.17. The van der Waals surface area contributed by atoms with Crippen LogP contribution in [0.2, 0.25) is 0 Å². The van der Waals surface area contributed by atoms with Gasteiger partial charge >= 0.3 is 5.97 Å². The largest absolute Gasteiger partial charge is 0.496 e. The molecule has 7 heteroatoms. The molecule has 0 spiro atoms. The Morgan fingerprint density at radius 1 is 1.25 bits per heavy atom. The van der Waals surface area contributed by atoms with E-state index in [0.717, 1.165) is 19.3 Å². The van der Waals surface area contributed by atoms with Gasteiger partial charge in [-0.15, -0.1) is 0 Å². The number of halogens is 1. The van der Waals surface area contributed by atoms with Crippen LogP contribution >= 0.6 is 0 Å². The van der Waals surface area contributed by atoms with Gasteiger partial charge in [-0.2, -0.15) is 0 Å². The van der Waals surface area contributed by atoms with Crippen LogP contribution in [0.3, 0.4) is 0 Å². The molecule has 0 atom stereocenters. The number of aromatic nitrogens is 1. The fourth-order valence-electron chi connectivity index (χ4n) is 2.51. The molecule has 1 heterocycles. The summed E-state index contributed by atoms with van der Waals surface area (Å²) in [6, 6.07) is 4.38. The van der Waals surface area contributed by atoms with E-state index in [9.17, 15) is 14.0 Å². The Labute approximate surface area is 139 Å². The number of methoxy groups -OCH3 is 1. The van der Waals surface area contributed by atoms with E-state index in [2.05, 4.69) is 10.3 Å². The van der Waals surface area contributed by atoms with Gasteiger partial charge in [0.15, 0.2) is 0 Å². The number of nitrogens with one attached hydrogen (secondary N) is 2. The number of rotatable bonds is 9. The fraction of sp³-hybridized carbons (Fsp3) is 0.412. The zero-order chi connectivity index (χ0) is 17.5. The molecule has 24 heavy (non-hydrogen) atoms. The van der Waals surface area contributed by atoms with Crippen LogP contribution in [-0.2, 0) is 4.79 Å². The molecule has 1 aromatic heterocycles. The van der Waals surface area contributed by atoms with Crippen molar-refractivity contribution in [2.45, 2.75) is 32.1 Å².